The van der Waals surface area contributed by atoms with Crippen LogP contribution in [0.5, 0.6) is 0 Å². The number of aliphatic hydroxyl groups is 2. The molecule has 0 heterocycles. The molecular weight excluding hydrogens is 589 g/mol. The molecule has 0 aromatic heterocycles. The maximum Gasteiger partial charge on any atom is 0.472 e. The molecule has 0 aliphatic heterocycles. The van der Waals surface area contributed by atoms with Gasteiger partial charge in [0.1, 0.15) is 12.2 Å². The molecule has 2 unspecified atom stereocenters. The lowest BCUT2D eigenvalue weighted by Crippen LogP contribution is -2.66. The molecule has 0 aliphatic rings. The highest BCUT2D eigenvalue weighted by Gasteiger charge is 2.56. The van der Waals surface area contributed by atoms with Crippen LogP contribution < -0.4 is 0 Å². The minimum Gasteiger partial charge on any atom is -0.456 e. The van der Waals surface area contributed by atoms with Crippen molar-refractivity contribution in [3.05, 3.63) is 12.2 Å². The summed E-state index contributed by atoms with van der Waals surface area (Å²) in [7, 11) is -15.1. The van der Waals surface area contributed by atoms with Gasteiger partial charge in [-0.2, -0.15) is 0 Å². The fourth-order valence-corrected chi connectivity index (χ4v) is 27.5. The van der Waals surface area contributed by atoms with Gasteiger partial charge in [0.15, 0.2) is 33.3 Å². The predicted molar refractivity (Wildman–Crippen MR) is 168 cm³/mol. The standard InChI is InChI=1S/C23H56O9Si6/c1-20(2)23(26)27-22(21(25)19-24)17-16-18-38(30-35(9,10)11,31-36(12,13)14)32-37(15,28-33(3,4)5)29-34(6,7)8/h21-22,24-25H,1,16-19H2,2-15H3. The first-order valence-corrected chi connectivity index (χ1v) is 31.2. The Bertz CT molecular complexity index is 737. The third kappa shape index (κ3) is 17.1. The summed E-state index contributed by atoms with van der Waals surface area (Å²) in [5.41, 5.74) is 0.227. The molecule has 0 aromatic rings. The topological polar surface area (TPSA) is 113 Å². The molecule has 0 radical (unpaired) electrons. The molecule has 0 bridgehead atoms. The van der Waals surface area contributed by atoms with Crippen LogP contribution in [0.25, 0.3) is 0 Å². The molecule has 0 spiro atoms. The Morgan fingerprint density at radius 2 is 1.13 bits per heavy atom. The van der Waals surface area contributed by atoms with Crippen molar-refractivity contribution in [2.45, 2.75) is 123 Å². The molecule has 0 saturated heterocycles. The van der Waals surface area contributed by atoms with E-state index in [0.717, 1.165) is 0 Å². The van der Waals surface area contributed by atoms with Gasteiger partial charge in [-0.15, -0.1) is 0 Å². The fourth-order valence-electron chi connectivity index (χ4n) is 3.81. The van der Waals surface area contributed by atoms with Gasteiger partial charge in [0.2, 0.25) is 0 Å². The Labute approximate surface area is 238 Å². The number of rotatable bonds is 18. The molecule has 2 atom stereocenters. The molecule has 0 aromatic carbocycles. The monoisotopic (exact) mass is 644 g/mol. The van der Waals surface area contributed by atoms with Crippen LogP contribution in [0.1, 0.15) is 19.8 Å². The molecule has 0 amide bonds. The average Bonchev–Trinajstić information content (AvgIpc) is 2.59. The first-order valence-electron chi connectivity index (χ1n) is 13.4. The zero-order chi connectivity index (χ0) is 30.4. The number of ether oxygens (including phenoxy) is 1. The summed E-state index contributed by atoms with van der Waals surface area (Å²) in [5.74, 6) is -0.606. The van der Waals surface area contributed by atoms with Gasteiger partial charge >= 0.3 is 23.6 Å². The molecular formula is C23H56O9Si6. The molecule has 0 saturated carbocycles. The Balaban J connectivity index is 6.45. The summed E-state index contributed by atoms with van der Waals surface area (Å²) in [4.78, 5) is 12.2. The highest BCUT2D eigenvalue weighted by Crippen LogP contribution is 2.34. The third-order valence-electron chi connectivity index (χ3n) is 4.44. The van der Waals surface area contributed by atoms with Crippen LogP contribution in [0.2, 0.25) is 91.2 Å². The van der Waals surface area contributed by atoms with E-state index in [2.05, 4.69) is 85.1 Å². The molecule has 2 N–H and O–H groups in total. The summed E-state index contributed by atoms with van der Waals surface area (Å²) in [6, 6.07) is 0.438. The summed E-state index contributed by atoms with van der Waals surface area (Å²) in [5, 5.41) is 19.9. The Morgan fingerprint density at radius 1 is 0.737 bits per heavy atom. The van der Waals surface area contributed by atoms with Gasteiger partial charge in [-0.05, 0) is 98.3 Å². The molecule has 0 aliphatic carbocycles. The SMILES string of the molecule is C=C(C)C(=O)OC(CCC[Si](O[Si](C)(C)C)(O[Si](C)(C)C)O[Si](C)(O[Si](C)(C)C)O[Si](C)(C)C)C(O)CO. The second kappa shape index (κ2) is 14.4. The van der Waals surface area contributed by atoms with Crippen LogP contribution in [0, 0.1) is 0 Å². The van der Waals surface area contributed by atoms with Crippen LogP contribution in [0.15, 0.2) is 12.2 Å². The van der Waals surface area contributed by atoms with Crippen molar-refractivity contribution in [1.82, 2.24) is 0 Å². The van der Waals surface area contributed by atoms with E-state index in [0.29, 0.717) is 18.9 Å². The Morgan fingerprint density at radius 3 is 1.45 bits per heavy atom. The minimum atomic E-state index is -3.40. The summed E-state index contributed by atoms with van der Waals surface area (Å²) in [6.45, 7) is 31.9. The lowest BCUT2D eigenvalue weighted by atomic mass is 10.1. The number of hydrogen-bond donors (Lipinski definition) is 2. The molecule has 9 nitrogen and oxygen atoms in total. The van der Waals surface area contributed by atoms with Crippen LogP contribution in [0.3, 0.4) is 0 Å². The molecule has 0 rings (SSSR count). The van der Waals surface area contributed by atoms with E-state index in [1.807, 2.05) is 6.55 Å². The summed E-state index contributed by atoms with van der Waals surface area (Å²) >= 11 is 0. The van der Waals surface area contributed by atoms with Crippen molar-refractivity contribution in [2.75, 3.05) is 6.61 Å². The summed E-state index contributed by atoms with van der Waals surface area (Å²) in [6.07, 6.45) is -1.33. The van der Waals surface area contributed by atoms with Crippen molar-refractivity contribution >= 4 is 56.8 Å². The smallest absolute Gasteiger partial charge is 0.456 e. The number of hydrogen-bond acceptors (Lipinski definition) is 9. The van der Waals surface area contributed by atoms with Gasteiger partial charge < -0.3 is 35.5 Å². The van der Waals surface area contributed by atoms with E-state index < -0.39 is 75.7 Å². The number of esters is 1. The van der Waals surface area contributed by atoms with Gasteiger partial charge in [-0.25, -0.2) is 4.79 Å². The zero-order valence-corrected chi connectivity index (χ0v) is 32.4. The van der Waals surface area contributed by atoms with Gasteiger partial charge in [0, 0.05) is 18.2 Å². The number of carbonyl (C=O) groups excluding carboxylic acids is 1. The van der Waals surface area contributed by atoms with Crippen molar-refractivity contribution in [2.24, 2.45) is 0 Å². The fraction of sp³-hybridized carbons (Fsp3) is 0.870. The van der Waals surface area contributed by atoms with Crippen LogP contribution in [-0.4, -0.2) is 85.9 Å². The van der Waals surface area contributed by atoms with Crippen molar-refractivity contribution < 1.29 is 40.3 Å². The molecule has 0 fully saturated rings. The highest BCUT2D eigenvalue weighted by atomic mass is 28.5. The maximum atomic E-state index is 12.2. The number of carbonyl (C=O) groups is 1. The third-order valence-corrected chi connectivity index (χ3v) is 23.4. The van der Waals surface area contributed by atoms with E-state index in [-0.39, 0.29) is 5.57 Å². The van der Waals surface area contributed by atoms with Crippen molar-refractivity contribution in [1.29, 1.82) is 0 Å². The average molecular weight is 645 g/mol. The van der Waals surface area contributed by atoms with Crippen molar-refractivity contribution in [3.8, 4) is 0 Å². The molecule has 38 heavy (non-hydrogen) atoms. The molecule has 15 heteroatoms. The van der Waals surface area contributed by atoms with Crippen LogP contribution in [-0.2, 0) is 30.1 Å². The Hall–Kier alpha value is 0.231. The largest absolute Gasteiger partial charge is 0.472 e. The summed E-state index contributed by atoms with van der Waals surface area (Å²) < 4.78 is 39.5. The van der Waals surface area contributed by atoms with Gasteiger partial charge in [0.05, 0.1) is 6.61 Å². The second-order valence-electron chi connectivity index (χ2n) is 13.9. The van der Waals surface area contributed by atoms with Gasteiger partial charge in [-0.1, -0.05) is 6.58 Å². The predicted octanol–water partition coefficient (Wildman–Crippen LogP) is 5.54. The van der Waals surface area contributed by atoms with Crippen LogP contribution >= 0.6 is 0 Å². The minimum absolute atomic E-state index is 0.227. The van der Waals surface area contributed by atoms with E-state index in [1.54, 1.807) is 6.92 Å². The van der Waals surface area contributed by atoms with E-state index in [1.165, 1.54) is 0 Å². The normalized spacial score (nSPS) is 15.8. The van der Waals surface area contributed by atoms with E-state index in [9.17, 15) is 15.0 Å². The zero-order valence-electron chi connectivity index (χ0n) is 26.4. The first kappa shape index (κ1) is 38.2. The van der Waals surface area contributed by atoms with Crippen molar-refractivity contribution in [3.63, 3.8) is 0 Å². The van der Waals surface area contributed by atoms with Gasteiger partial charge in [-0.3, -0.25) is 0 Å². The van der Waals surface area contributed by atoms with E-state index >= 15 is 0 Å². The molecule has 226 valence electrons. The highest BCUT2D eigenvalue weighted by molar-refractivity contribution is 6.92. The second-order valence-corrected chi connectivity index (χ2v) is 38.4. The lowest BCUT2D eigenvalue weighted by Gasteiger charge is -2.46. The first-order chi connectivity index (χ1) is 16.7. The Kier molecular flexibility index (Phi) is 14.5. The quantitative estimate of drug-likeness (QED) is 0.113. The van der Waals surface area contributed by atoms with Crippen LogP contribution in [0.4, 0.5) is 0 Å². The lowest BCUT2D eigenvalue weighted by molar-refractivity contribution is -0.152. The number of aliphatic hydroxyl groups excluding tert-OH is 2. The van der Waals surface area contributed by atoms with E-state index in [4.69, 9.17) is 25.3 Å². The van der Waals surface area contributed by atoms with Gasteiger partial charge in [0.25, 0.3) is 0 Å². The maximum absolute atomic E-state index is 12.2.